The van der Waals surface area contributed by atoms with Crippen molar-refractivity contribution in [2.45, 2.75) is 34.6 Å². The van der Waals surface area contributed by atoms with Gasteiger partial charge in [0.1, 0.15) is 5.69 Å². The Morgan fingerprint density at radius 1 is 1.04 bits per heavy atom. The van der Waals surface area contributed by atoms with Crippen molar-refractivity contribution in [2.75, 3.05) is 25.0 Å². The molecule has 0 bridgehead atoms. The van der Waals surface area contributed by atoms with Gasteiger partial charge in [-0.05, 0) is 64.4 Å². The summed E-state index contributed by atoms with van der Waals surface area (Å²) in [6.07, 6.45) is 0. The van der Waals surface area contributed by atoms with Gasteiger partial charge < -0.3 is 19.9 Å². The minimum atomic E-state index is -0.452. The Balaban J connectivity index is 2.16. The lowest BCUT2D eigenvalue weighted by molar-refractivity contribution is 0.0524. The summed E-state index contributed by atoms with van der Waals surface area (Å²) in [6.45, 7) is 10.6. The summed E-state index contributed by atoms with van der Waals surface area (Å²) in [5, 5.41) is 2.79. The number of aromatic nitrogens is 1. The van der Waals surface area contributed by atoms with Crippen LogP contribution in [0.2, 0.25) is 0 Å². The number of aryl methyl sites for hydroxylation is 1. The van der Waals surface area contributed by atoms with Crippen LogP contribution in [0.4, 0.5) is 5.69 Å². The van der Waals surface area contributed by atoms with Crippen molar-refractivity contribution in [3.05, 3.63) is 52.3 Å². The lowest BCUT2D eigenvalue weighted by atomic mass is 10.1. The van der Waals surface area contributed by atoms with E-state index in [1.54, 1.807) is 49.9 Å². The molecule has 0 unspecified atom stereocenters. The third kappa shape index (κ3) is 4.42. The summed E-state index contributed by atoms with van der Waals surface area (Å²) < 4.78 is 5.05. The molecule has 7 nitrogen and oxygen atoms in total. The molecule has 0 radical (unpaired) electrons. The minimum absolute atomic E-state index is 0.0437. The number of benzene rings is 1. The normalized spacial score (nSPS) is 10.5. The predicted molar refractivity (Wildman–Crippen MR) is 108 cm³/mol. The van der Waals surface area contributed by atoms with Gasteiger partial charge in [0.25, 0.3) is 11.8 Å². The van der Waals surface area contributed by atoms with Crippen LogP contribution in [0.15, 0.2) is 24.3 Å². The van der Waals surface area contributed by atoms with Crippen molar-refractivity contribution in [2.24, 2.45) is 0 Å². The summed E-state index contributed by atoms with van der Waals surface area (Å²) in [4.78, 5) is 41.8. The second kappa shape index (κ2) is 9.21. The molecule has 0 fully saturated rings. The number of H-pyrrole nitrogens is 1. The van der Waals surface area contributed by atoms with Gasteiger partial charge >= 0.3 is 5.97 Å². The predicted octanol–water partition coefficient (Wildman–Crippen LogP) is 3.54. The summed E-state index contributed by atoms with van der Waals surface area (Å²) in [6, 6.07) is 6.75. The number of nitrogens with one attached hydrogen (secondary N) is 2. The number of hydrogen-bond donors (Lipinski definition) is 2. The maximum absolute atomic E-state index is 12.6. The van der Waals surface area contributed by atoms with Crippen molar-refractivity contribution >= 4 is 23.5 Å². The fourth-order valence-corrected chi connectivity index (χ4v) is 3.07. The number of carbonyl (C=O) groups excluding carboxylic acids is 3. The van der Waals surface area contributed by atoms with Gasteiger partial charge in [0.05, 0.1) is 12.2 Å². The molecule has 150 valence electrons. The van der Waals surface area contributed by atoms with E-state index < -0.39 is 5.97 Å². The maximum Gasteiger partial charge on any atom is 0.340 e. The Bertz CT molecular complexity index is 865. The Morgan fingerprint density at radius 3 is 2.18 bits per heavy atom. The molecule has 0 atom stereocenters. The number of amides is 2. The highest BCUT2D eigenvalue weighted by molar-refractivity contribution is 6.07. The molecule has 2 aromatic rings. The number of rotatable bonds is 7. The van der Waals surface area contributed by atoms with Gasteiger partial charge in [-0.3, -0.25) is 9.59 Å². The van der Waals surface area contributed by atoms with Crippen LogP contribution in [0.1, 0.15) is 63.2 Å². The summed E-state index contributed by atoms with van der Waals surface area (Å²) in [7, 11) is 0. The topological polar surface area (TPSA) is 91.5 Å². The Labute approximate surface area is 165 Å². The molecule has 28 heavy (non-hydrogen) atoms. The summed E-state index contributed by atoms with van der Waals surface area (Å²) in [5.74, 6) is -0.858. The first-order valence-electron chi connectivity index (χ1n) is 9.40. The quantitative estimate of drug-likeness (QED) is 0.713. The fraction of sp³-hybridized carbons (Fsp3) is 0.381. The van der Waals surface area contributed by atoms with E-state index in [-0.39, 0.29) is 18.4 Å². The average molecular weight is 385 g/mol. The van der Waals surface area contributed by atoms with E-state index >= 15 is 0 Å². The molecular formula is C21H27N3O4. The Morgan fingerprint density at radius 2 is 1.64 bits per heavy atom. The van der Waals surface area contributed by atoms with E-state index in [1.807, 2.05) is 13.8 Å². The summed E-state index contributed by atoms with van der Waals surface area (Å²) >= 11 is 0. The molecule has 0 aliphatic heterocycles. The second-order valence-corrected chi connectivity index (χ2v) is 6.35. The van der Waals surface area contributed by atoms with Crippen molar-refractivity contribution < 1.29 is 19.1 Å². The molecule has 0 aliphatic carbocycles. The van der Waals surface area contributed by atoms with Gasteiger partial charge in [-0.2, -0.15) is 0 Å². The first kappa shape index (κ1) is 21.2. The monoisotopic (exact) mass is 385 g/mol. The number of carbonyl (C=O) groups is 3. The van der Waals surface area contributed by atoms with Gasteiger partial charge in [0.2, 0.25) is 0 Å². The zero-order valence-corrected chi connectivity index (χ0v) is 17.0. The van der Waals surface area contributed by atoms with Crippen molar-refractivity contribution in [3.8, 4) is 0 Å². The molecule has 1 aromatic heterocycles. The number of hydrogen-bond acceptors (Lipinski definition) is 4. The zero-order valence-electron chi connectivity index (χ0n) is 17.0. The van der Waals surface area contributed by atoms with E-state index in [0.29, 0.717) is 46.9 Å². The van der Waals surface area contributed by atoms with Crippen LogP contribution >= 0.6 is 0 Å². The van der Waals surface area contributed by atoms with Crippen LogP contribution in [0.5, 0.6) is 0 Å². The zero-order chi connectivity index (χ0) is 20.8. The molecule has 2 amide bonds. The molecule has 1 heterocycles. The number of aromatic amines is 1. The van der Waals surface area contributed by atoms with Gasteiger partial charge in [-0.1, -0.05) is 0 Å². The Kier molecular flexibility index (Phi) is 6.98. The van der Waals surface area contributed by atoms with Crippen molar-refractivity contribution in [3.63, 3.8) is 0 Å². The van der Waals surface area contributed by atoms with E-state index in [4.69, 9.17) is 4.74 Å². The smallest absolute Gasteiger partial charge is 0.340 e. The SMILES string of the molecule is CCOC(=O)c1c(C)[nH]c(C(=O)Nc2ccc(C(=O)N(CC)CC)cc2)c1C. The highest BCUT2D eigenvalue weighted by Gasteiger charge is 2.23. The standard InChI is InChI=1S/C21H27N3O4/c1-6-24(7-2)20(26)15-9-11-16(12-10-15)23-19(25)18-13(4)17(14(5)22-18)21(27)28-8-3/h9-12,22H,6-8H2,1-5H3,(H,23,25). The average Bonchev–Trinajstić information content (AvgIpc) is 2.97. The number of nitrogens with zero attached hydrogens (tertiary/aromatic N) is 1. The molecule has 1 aromatic carbocycles. The third-order valence-corrected chi connectivity index (χ3v) is 4.58. The lowest BCUT2D eigenvalue weighted by Gasteiger charge is -2.18. The van der Waals surface area contributed by atoms with Crippen LogP contribution in [0.3, 0.4) is 0 Å². The molecule has 7 heteroatoms. The molecule has 2 N–H and O–H groups in total. The van der Waals surface area contributed by atoms with Gasteiger partial charge in [-0.15, -0.1) is 0 Å². The van der Waals surface area contributed by atoms with Crippen LogP contribution in [0, 0.1) is 13.8 Å². The molecule has 0 aliphatic rings. The van der Waals surface area contributed by atoms with Gasteiger partial charge in [0.15, 0.2) is 0 Å². The van der Waals surface area contributed by atoms with E-state index in [9.17, 15) is 14.4 Å². The first-order chi connectivity index (χ1) is 13.3. The van der Waals surface area contributed by atoms with Crippen LogP contribution in [-0.2, 0) is 4.74 Å². The van der Waals surface area contributed by atoms with Crippen LogP contribution in [0.25, 0.3) is 0 Å². The molecule has 2 rings (SSSR count). The minimum Gasteiger partial charge on any atom is -0.462 e. The molecule has 0 saturated heterocycles. The second-order valence-electron chi connectivity index (χ2n) is 6.35. The summed E-state index contributed by atoms with van der Waals surface area (Å²) in [5.41, 5.74) is 2.95. The van der Waals surface area contributed by atoms with Crippen LogP contribution in [-0.4, -0.2) is 47.4 Å². The van der Waals surface area contributed by atoms with Crippen LogP contribution < -0.4 is 5.32 Å². The highest BCUT2D eigenvalue weighted by Crippen LogP contribution is 2.21. The number of ether oxygens (including phenoxy) is 1. The molecular weight excluding hydrogens is 358 g/mol. The van der Waals surface area contributed by atoms with Crippen molar-refractivity contribution in [1.29, 1.82) is 0 Å². The highest BCUT2D eigenvalue weighted by atomic mass is 16.5. The van der Waals surface area contributed by atoms with Crippen molar-refractivity contribution in [1.82, 2.24) is 9.88 Å². The van der Waals surface area contributed by atoms with Gasteiger partial charge in [-0.25, -0.2) is 4.79 Å². The third-order valence-electron chi connectivity index (χ3n) is 4.58. The number of anilines is 1. The fourth-order valence-electron chi connectivity index (χ4n) is 3.07. The van der Waals surface area contributed by atoms with E-state index in [2.05, 4.69) is 10.3 Å². The van der Waals surface area contributed by atoms with E-state index in [1.165, 1.54) is 0 Å². The maximum atomic E-state index is 12.6. The largest absolute Gasteiger partial charge is 0.462 e. The molecule has 0 spiro atoms. The first-order valence-corrected chi connectivity index (χ1v) is 9.40. The van der Waals surface area contributed by atoms with Gasteiger partial charge in [0, 0.05) is 30.0 Å². The molecule has 0 saturated carbocycles. The van der Waals surface area contributed by atoms with E-state index in [0.717, 1.165) is 0 Å². The number of esters is 1. The Hall–Kier alpha value is -3.09. The lowest BCUT2D eigenvalue weighted by Crippen LogP contribution is -2.30.